The second-order valence-corrected chi connectivity index (χ2v) is 19.3. The Hall–Kier alpha value is -8.54. The van der Waals surface area contributed by atoms with Crippen LogP contribution in [0.5, 0.6) is 0 Å². The second kappa shape index (κ2) is 43.2. The normalized spacial score (nSPS) is 13.6. The molecule has 0 aromatic rings. The first-order chi connectivity index (χ1) is 39.2. The van der Waals surface area contributed by atoms with Gasteiger partial charge in [0, 0.05) is 39.1 Å². The Morgan fingerprint density at radius 2 is 0.518 bits per heavy atom. The van der Waals surface area contributed by atoms with Gasteiger partial charge in [0.1, 0.15) is 42.3 Å². The number of hydrogen-bond acceptors (Lipinski definition) is 17. The molecule has 37 N–H and O–H groups in total. The minimum atomic E-state index is -1.49. The van der Waals surface area contributed by atoms with E-state index in [1.807, 2.05) is 0 Å². The van der Waals surface area contributed by atoms with Gasteiger partial charge in [-0.2, -0.15) is 0 Å². The number of carbonyl (C=O) groups excluding carboxylic acids is 9. The number of nitrogens with two attached hydrogens (primary N) is 15. The van der Waals surface area contributed by atoms with Gasteiger partial charge in [0.15, 0.2) is 29.8 Å². The molecule has 9 amide bonds. The zero-order valence-corrected chi connectivity index (χ0v) is 47.4. The van der Waals surface area contributed by atoms with Crippen LogP contribution >= 0.6 is 0 Å². The minimum Gasteiger partial charge on any atom is -0.370 e. The topological polar surface area (TPSA) is 690 Å². The molecule has 0 rings (SSSR count). The molecule has 83 heavy (non-hydrogen) atoms. The van der Waals surface area contributed by atoms with Gasteiger partial charge in [-0.1, -0.05) is 6.42 Å². The Morgan fingerprint density at radius 3 is 0.747 bits per heavy atom. The molecule has 0 spiro atoms. The lowest BCUT2D eigenvalue weighted by Gasteiger charge is -2.28. The van der Waals surface area contributed by atoms with Crippen LogP contribution in [0.3, 0.4) is 0 Å². The summed E-state index contributed by atoms with van der Waals surface area (Å²) in [6, 6.07) is -10.7. The third-order valence-corrected chi connectivity index (χ3v) is 12.1. The van der Waals surface area contributed by atoms with Crippen LogP contribution < -0.4 is 123 Å². The molecule has 36 heteroatoms. The van der Waals surface area contributed by atoms with E-state index in [1.165, 1.54) is 0 Å². The SMILES string of the molecule is NCCCC[C@H](NC(=O)[C@@H](N)CCCCN)C(=O)N[C@@H](CCCN=C(N)N)C(=O)N[C@@H](CCCN=C(N)N)C(=O)N[C@@H](CCCN=C(N)N)C(=O)N[C@@H](CCCN=C(N)N)C(=O)N[C@@H](CCCN=C(N)N)C(=O)N[C@@H](CCC(N)=O)C(N)=O. The van der Waals surface area contributed by atoms with Gasteiger partial charge in [-0.15, -0.1) is 0 Å². The van der Waals surface area contributed by atoms with Crippen LogP contribution in [-0.4, -0.2) is 177 Å². The smallest absolute Gasteiger partial charge is 0.243 e. The number of guanidine groups is 5. The monoisotopic (exact) mass is 1180 g/mol. The summed E-state index contributed by atoms with van der Waals surface area (Å²) >= 11 is 0. The van der Waals surface area contributed by atoms with Gasteiger partial charge in [-0.05, 0) is 116 Å². The average Bonchev–Trinajstić information content (AvgIpc) is 3.45. The molecule has 0 aromatic heterocycles. The van der Waals surface area contributed by atoms with Crippen molar-refractivity contribution in [2.75, 3.05) is 45.8 Å². The Bertz CT molecular complexity index is 2190. The van der Waals surface area contributed by atoms with Crippen molar-refractivity contribution < 1.29 is 43.2 Å². The summed E-state index contributed by atoms with van der Waals surface area (Å²) < 4.78 is 0. The van der Waals surface area contributed by atoms with Crippen molar-refractivity contribution in [3.8, 4) is 0 Å². The first kappa shape index (κ1) is 74.5. The van der Waals surface area contributed by atoms with Crippen molar-refractivity contribution in [2.45, 2.75) is 164 Å². The lowest BCUT2D eigenvalue weighted by Crippen LogP contribution is -2.60. The van der Waals surface area contributed by atoms with Gasteiger partial charge in [0.05, 0.1) is 6.04 Å². The van der Waals surface area contributed by atoms with Crippen LogP contribution in [0.4, 0.5) is 0 Å². The number of carbonyl (C=O) groups is 9. The number of rotatable bonds is 46. The molecule has 472 valence electrons. The van der Waals surface area contributed by atoms with Crippen molar-refractivity contribution in [1.29, 1.82) is 0 Å². The van der Waals surface area contributed by atoms with E-state index in [0.717, 1.165) is 0 Å². The molecule has 0 bridgehead atoms. The minimum absolute atomic E-state index is 0.00906. The van der Waals surface area contributed by atoms with Crippen LogP contribution in [0.15, 0.2) is 25.0 Å². The average molecular weight is 1180 g/mol. The highest BCUT2D eigenvalue weighted by molar-refractivity contribution is 5.98. The zero-order chi connectivity index (χ0) is 62.9. The molecule has 0 unspecified atom stereocenters. The number of amides is 9. The molecule has 0 aliphatic carbocycles. The summed E-state index contributed by atoms with van der Waals surface area (Å²) in [4.78, 5) is 142. The summed E-state index contributed by atoms with van der Waals surface area (Å²) in [5, 5.41) is 18.3. The highest BCUT2D eigenvalue weighted by atomic mass is 16.2. The summed E-state index contributed by atoms with van der Waals surface area (Å²) in [5.41, 5.74) is 83.5. The summed E-state index contributed by atoms with van der Waals surface area (Å²) in [6.45, 7) is 0.677. The molecule has 0 aliphatic rings. The third kappa shape index (κ3) is 36.4. The maximum absolute atomic E-state index is 14.6. The number of nitrogens with zero attached hydrogens (tertiary/aromatic N) is 5. The molecule has 0 aliphatic heterocycles. The van der Waals surface area contributed by atoms with E-state index in [-0.39, 0.29) is 146 Å². The van der Waals surface area contributed by atoms with Gasteiger partial charge in [0.25, 0.3) is 0 Å². The quantitative estimate of drug-likeness (QED) is 0.0153. The fourth-order valence-electron chi connectivity index (χ4n) is 7.75. The van der Waals surface area contributed by atoms with E-state index >= 15 is 0 Å². The number of aliphatic imine (C=N–C) groups is 5. The van der Waals surface area contributed by atoms with Crippen LogP contribution in [-0.2, 0) is 43.2 Å². The van der Waals surface area contributed by atoms with Crippen LogP contribution in [0.2, 0.25) is 0 Å². The molecule has 0 heterocycles. The maximum Gasteiger partial charge on any atom is 0.243 e. The van der Waals surface area contributed by atoms with Crippen LogP contribution in [0, 0.1) is 0 Å². The van der Waals surface area contributed by atoms with Gasteiger partial charge in [-0.3, -0.25) is 68.1 Å². The van der Waals surface area contributed by atoms with E-state index in [0.29, 0.717) is 45.2 Å². The number of hydrogen-bond donors (Lipinski definition) is 22. The van der Waals surface area contributed by atoms with Gasteiger partial charge >= 0.3 is 0 Å². The standard InChI is InChI=1S/C47H95N27O9/c48-19-3-1-10-26(50)36(77)69-28(11-2-4-20-49)38(79)71-30(13-6-22-64-44(55)56)40(81)73-32(15-8-24-66-46(59)60)42(83)74-33(16-9-25-67-47(61)62)41(82)72-31(14-7-23-65-45(57)58)39(80)70-29(12-5-21-63-43(53)54)37(78)68-27(35(52)76)17-18-34(51)75/h26-33H,1-25,48-50H2,(H2,51,75)(H2,52,76)(H,68,78)(H,69,77)(H,70,80)(H,71,79)(H,72,82)(H,73,81)(H,74,83)(H4,53,54,63)(H4,55,56,64)(H4,57,58,65)(H4,59,60,66)(H4,61,62,67)/t26-,27-,28-,29-,30-,31-,32-,33-/m0/s1. The number of primary amides is 2. The molecule has 36 nitrogen and oxygen atoms in total. The molecular weight excluding hydrogens is 1090 g/mol. The van der Waals surface area contributed by atoms with E-state index in [1.54, 1.807) is 0 Å². The number of unbranched alkanes of at least 4 members (excludes halogenated alkanes) is 2. The Morgan fingerprint density at radius 1 is 0.289 bits per heavy atom. The summed E-state index contributed by atoms with van der Waals surface area (Å²) in [6.07, 6.45) is 1.76. The molecule has 0 saturated carbocycles. The van der Waals surface area contributed by atoms with Gasteiger partial charge < -0.3 is 123 Å². The largest absolute Gasteiger partial charge is 0.370 e. The molecule has 0 aromatic carbocycles. The first-order valence-electron chi connectivity index (χ1n) is 27.3. The van der Waals surface area contributed by atoms with E-state index < -0.39 is 101 Å². The molecule has 8 atom stereocenters. The Labute approximate surface area is 482 Å². The summed E-state index contributed by atoms with van der Waals surface area (Å²) in [5.74, 6) is -8.95. The van der Waals surface area contributed by atoms with Crippen molar-refractivity contribution in [3.05, 3.63) is 0 Å². The predicted octanol–water partition coefficient (Wildman–Crippen LogP) is -10.0. The predicted molar refractivity (Wildman–Crippen MR) is 314 cm³/mol. The molecular formula is C47H95N27O9. The van der Waals surface area contributed by atoms with Crippen LogP contribution in [0.25, 0.3) is 0 Å². The molecule has 0 saturated heterocycles. The Balaban J connectivity index is 7.39. The van der Waals surface area contributed by atoms with E-state index in [2.05, 4.69) is 62.2 Å². The lowest BCUT2D eigenvalue weighted by molar-refractivity contribution is -0.136. The fraction of sp³-hybridized carbons (Fsp3) is 0.702. The second-order valence-electron chi connectivity index (χ2n) is 19.3. The zero-order valence-electron chi connectivity index (χ0n) is 47.4. The van der Waals surface area contributed by atoms with E-state index in [9.17, 15) is 43.2 Å². The van der Waals surface area contributed by atoms with Crippen molar-refractivity contribution in [1.82, 2.24) is 37.2 Å². The van der Waals surface area contributed by atoms with Crippen molar-refractivity contribution in [2.24, 2.45) is 111 Å². The van der Waals surface area contributed by atoms with Gasteiger partial charge in [0.2, 0.25) is 53.2 Å². The highest BCUT2D eigenvalue weighted by Crippen LogP contribution is 2.11. The highest BCUT2D eigenvalue weighted by Gasteiger charge is 2.34. The first-order valence-corrected chi connectivity index (χ1v) is 27.3. The Kier molecular flexibility index (Phi) is 38.8. The van der Waals surface area contributed by atoms with Crippen molar-refractivity contribution in [3.63, 3.8) is 0 Å². The lowest BCUT2D eigenvalue weighted by atomic mass is 10.0. The third-order valence-electron chi connectivity index (χ3n) is 12.1. The van der Waals surface area contributed by atoms with Crippen molar-refractivity contribution >= 4 is 83.0 Å². The van der Waals surface area contributed by atoms with Crippen LogP contribution in [0.1, 0.15) is 116 Å². The maximum atomic E-state index is 14.6. The van der Waals surface area contributed by atoms with Gasteiger partial charge in [-0.25, -0.2) is 0 Å². The van der Waals surface area contributed by atoms with E-state index in [4.69, 9.17) is 86.0 Å². The molecule has 0 fully saturated rings. The molecule has 0 radical (unpaired) electrons. The fourth-order valence-corrected chi connectivity index (χ4v) is 7.75. The number of nitrogens with one attached hydrogen (secondary N) is 7. The summed E-state index contributed by atoms with van der Waals surface area (Å²) in [7, 11) is 0.